The topological polar surface area (TPSA) is 29.1 Å². The molecule has 0 bridgehead atoms. The molecule has 0 fully saturated rings. The second-order valence-corrected chi connectivity index (χ2v) is 5.10. The number of carbonyl (C=O) groups is 1. The highest BCUT2D eigenvalue weighted by Gasteiger charge is 2.44. The van der Waals surface area contributed by atoms with Gasteiger partial charge in [-0.3, -0.25) is 4.79 Å². The van der Waals surface area contributed by atoms with Crippen molar-refractivity contribution in [3.63, 3.8) is 0 Å². The van der Waals surface area contributed by atoms with Gasteiger partial charge in [0, 0.05) is 11.6 Å². The van der Waals surface area contributed by atoms with Gasteiger partial charge < -0.3 is 5.32 Å². The van der Waals surface area contributed by atoms with Gasteiger partial charge in [-0.05, 0) is 43.0 Å². The second kappa shape index (κ2) is 5.27. The molecule has 4 heteroatoms. The fourth-order valence-electron chi connectivity index (χ4n) is 2.68. The summed E-state index contributed by atoms with van der Waals surface area (Å²) in [6.07, 6.45) is 3.15. The Bertz CT molecular complexity index is 463. The van der Waals surface area contributed by atoms with E-state index in [0.29, 0.717) is 12.3 Å². The monoisotopic (exact) mass is 269 g/mol. The van der Waals surface area contributed by atoms with Crippen molar-refractivity contribution in [3.05, 3.63) is 29.6 Å². The number of unbranched alkanes of at least 4 members (excludes halogenated alkanes) is 1. The largest absolute Gasteiger partial charge is 0.325 e. The molecule has 18 heavy (non-hydrogen) atoms. The molecule has 1 heterocycles. The van der Waals surface area contributed by atoms with E-state index in [4.69, 9.17) is 11.6 Å². The van der Waals surface area contributed by atoms with Crippen LogP contribution in [0.15, 0.2) is 18.2 Å². The lowest BCUT2D eigenvalue weighted by Gasteiger charge is -2.25. The van der Waals surface area contributed by atoms with Gasteiger partial charge in [0.15, 0.2) is 0 Å². The van der Waals surface area contributed by atoms with Gasteiger partial charge in [-0.15, -0.1) is 11.6 Å². The number of amides is 1. The minimum atomic E-state index is -0.580. The minimum Gasteiger partial charge on any atom is -0.325 e. The molecular formula is C14H17ClFNO. The van der Waals surface area contributed by atoms with Crippen molar-refractivity contribution in [2.75, 3.05) is 11.2 Å². The zero-order valence-corrected chi connectivity index (χ0v) is 11.2. The Balaban J connectivity index is 2.35. The predicted molar refractivity (Wildman–Crippen MR) is 71.6 cm³/mol. The van der Waals surface area contributed by atoms with Crippen molar-refractivity contribution in [2.24, 2.45) is 0 Å². The molecule has 0 spiro atoms. The average Bonchev–Trinajstić information content (AvgIpc) is 2.63. The maximum Gasteiger partial charge on any atom is 0.235 e. The number of nitrogens with one attached hydrogen (secondary N) is 1. The number of hydrogen-bond acceptors (Lipinski definition) is 1. The van der Waals surface area contributed by atoms with E-state index in [2.05, 4.69) is 5.32 Å². The van der Waals surface area contributed by atoms with Crippen molar-refractivity contribution < 1.29 is 9.18 Å². The summed E-state index contributed by atoms with van der Waals surface area (Å²) < 4.78 is 13.4. The molecule has 0 saturated carbocycles. The van der Waals surface area contributed by atoms with E-state index in [1.165, 1.54) is 12.1 Å². The molecule has 0 radical (unpaired) electrons. The zero-order chi connectivity index (χ0) is 13.2. The number of benzene rings is 1. The van der Waals surface area contributed by atoms with E-state index >= 15 is 0 Å². The van der Waals surface area contributed by atoms with Crippen LogP contribution in [0.1, 0.15) is 38.2 Å². The van der Waals surface area contributed by atoms with Gasteiger partial charge in [0.25, 0.3) is 0 Å². The highest BCUT2D eigenvalue weighted by molar-refractivity contribution is 6.17. The van der Waals surface area contributed by atoms with Crippen LogP contribution in [0.2, 0.25) is 0 Å². The van der Waals surface area contributed by atoms with E-state index in [9.17, 15) is 9.18 Å². The van der Waals surface area contributed by atoms with Crippen molar-refractivity contribution in [2.45, 2.75) is 38.0 Å². The standard InChI is InChI=1S/C14H17ClFNO/c1-2-14(7-3-4-8-15)11-9-10(16)5-6-12(11)17-13(14)18/h5-6,9H,2-4,7-8H2,1H3,(H,17,18). The lowest BCUT2D eigenvalue weighted by molar-refractivity contribution is -0.121. The van der Waals surface area contributed by atoms with Crippen molar-refractivity contribution >= 4 is 23.2 Å². The fourth-order valence-corrected chi connectivity index (χ4v) is 2.87. The highest BCUT2D eigenvalue weighted by atomic mass is 35.5. The van der Waals surface area contributed by atoms with E-state index < -0.39 is 5.41 Å². The molecule has 1 atom stereocenters. The minimum absolute atomic E-state index is 0.0137. The maximum atomic E-state index is 13.4. The molecule has 2 nitrogen and oxygen atoms in total. The molecule has 1 amide bonds. The molecule has 0 saturated heterocycles. The van der Waals surface area contributed by atoms with Crippen LogP contribution < -0.4 is 5.32 Å². The number of anilines is 1. The maximum absolute atomic E-state index is 13.4. The Morgan fingerprint density at radius 3 is 2.83 bits per heavy atom. The van der Waals surface area contributed by atoms with Crippen molar-refractivity contribution in [1.82, 2.24) is 0 Å². The van der Waals surface area contributed by atoms with E-state index in [1.807, 2.05) is 6.92 Å². The van der Waals surface area contributed by atoms with Crippen molar-refractivity contribution in [1.29, 1.82) is 0 Å². The van der Waals surface area contributed by atoms with Gasteiger partial charge in [-0.2, -0.15) is 0 Å². The van der Waals surface area contributed by atoms with Gasteiger partial charge >= 0.3 is 0 Å². The molecular weight excluding hydrogens is 253 g/mol. The summed E-state index contributed by atoms with van der Waals surface area (Å²) in [5.41, 5.74) is 0.961. The van der Waals surface area contributed by atoms with Crippen LogP contribution in [0.3, 0.4) is 0 Å². The first-order valence-corrected chi connectivity index (χ1v) is 6.85. The number of alkyl halides is 1. The summed E-state index contributed by atoms with van der Waals surface area (Å²) in [6.45, 7) is 1.97. The summed E-state index contributed by atoms with van der Waals surface area (Å²) in [5, 5.41) is 2.85. The van der Waals surface area contributed by atoms with Crippen LogP contribution in [0.5, 0.6) is 0 Å². The van der Waals surface area contributed by atoms with Crippen LogP contribution >= 0.6 is 11.6 Å². The van der Waals surface area contributed by atoms with Gasteiger partial charge in [-0.1, -0.05) is 13.3 Å². The third kappa shape index (κ3) is 2.12. The number of halogens is 2. The molecule has 1 aromatic rings. The molecule has 1 aromatic carbocycles. The number of rotatable bonds is 5. The first-order chi connectivity index (χ1) is 8.64. The summed E-state index contributed by atoms with van der Waals surface area (Å²) >= 11 is 5.68. The molecule has 1 unspecified atom stereocenters. The Labute approximate surface area is 112 Å². The number of fused-ring (bicyclic) bond motifs is 1. The van der Waals surface area contributed by atoms with Crippen LogP contribution in [0, 0.1) is 5.82 Å². The first-order valence-electron chi connectivity index (χ1n) is 6.31. The van der Waals surface area contributed by atoms with Crippen LogP contribution in [-0.4, -0.2) is 11.8 Å². The fraction of sp³-hybridized carbons (Fsp3) is 0.500. The van der Waals surface area contributed by atoms with Gasteiger partial charge in [0.1, 0.15) is 5.82 Å². The summed E-state index contributed by atoms with van der Waals surface area (Å²) in [7, 11) is 0. The van der Waals surface area contributed by atoms with Crippen LogP contribution in [0.25, 0.3) is 0 Å². The smallest absolute Gasteiger partial charge is 0.235 e. The van der Waals surface area contributed by atoms with E-state index in [-0.39, 0.29) is 11.7 Å². The predicted octanol–water partition coefficient (Wildman–Crippen LogP) is 3.83. The lowest BCUT2D eigenvalue weighted by atomic mass is 9.75. The number of hydrogen-bond donors (Lipinski definition) is 1. The SMILES string of the molecule is CCC1(CCCCCl)C(=O)Nc2ccc(F)cc21. The summed E-state index contributed by atoms with van der Waals surface area (Å²) in [6, 6.07) is 4.50. The lowest BCUT2D eigenvalue weighted by Crippen LogP contribution is -2.33. The average molecular weight is 270 g/mol. The highest BCUT2D eigenvalue weighted by Crippen LogP contribution is 2.44. The summed E-state index contributed by atoms with van der Waals surface area (Å²) in [5.74, 6) is 0.290. The Kier molecular flexibility index (Phi) is 3.91. The van der Waals surface area contributed by atoms with E-state index in [0.717, 1.165) is 30.5 Å². The van der Waals surface area contributed by atoms with Crippen molar-refractivity contribution in [3.8, 4) is 0 Å². The van der Waals surface area contributed by atoms with Crippen LogP contribution in [-0.2, 0) is 10.2 Å². The Morgan fingerprint density at radius 2 is 2.17 bits per heavy atom. The third-order valence-corrected chi connectivity index (χ3v) is 4.04. The van der Waals surface area contributed by atoms with E-state index in [1.54, 1.807) is 6.07 Å². The van der Waals surface area contributed by atoms with Crippen LogP contribution in [0.4, 0.5) is 10.1 Å². The Hall–Kier alpha value is -1.09. The number of carbonyl (C=O) groups excluding carboxylic acids is 1. The quantitative estimate of drug-likeness (QED) is 0.639. The molecule has 0 aromatic heterocycles. The molecule has 1 N–H and O–H groups in total. The molecule has 1 aliphatic rings. The third-order valence-electron chi connectivity index (χ3n) is 3.77. The molecule has 2 rings (SSSR count). The van der Waals surface area contributed by atoms with Gasteiger partial charge in [-0.25, -0.2) is 4.39 Å². The second-order valence-electron chi connectivity index (χ2n) is 4.73. The Morgan fingerprint density at radius 1 is 1.39 bits per heavy atom. The molecule has 0 aliphatic carbocycles. The van der Waals surface area contributed by atoms with Gasteiger partial charge in [0.05, 0.1) is 5.41 Å². The molecule has 98 valence electrons. The first kappa shape index (κ1) is 13.3. The summed E-state index contributed by atoms with van der Waals surface area (Å²) in [4.78, 5) is 12.2. The van der Waals surface area contributed by atoms with Gasteiger partial charge in [0.2, 0.25) is 5.91 Å². The molecule has 1 aliphatic heterocycles. The zero-order valence-electron chi connectivity index (χ0n) is 10.4. The normalized spacial score (nSPS) is 21.8.